The van der Waals surface area contributed by atoms with Crippen molar-refractivity contribution in [3.05, 3.63) is 15.6 Å². The maximum absolute atomic E-state index is 10.6. The molecule has 1 heterocycles. The first-order chi connectivity index (χ1) is 6.09. The van der Waals surface area contributed by atoms with Gasteiger partial charge in [-0.2, -0.15) is 0 Å². The van der Waals surface area contributed by atoms with Crippen molar-refractivity contribution in [1.82, 2.24) is 4.98 Å². The van der Waals surface area contributed by atoms with Gasteiger partial charge in [-0.05, 0) is 20.3 Å². The molecular weight excluding hydrogens is 186 g/mol. The van der Waals surface area contributed by atoms with Crippen molar-refractivity contribution in [3.8, 4) is 0 Å². The number of nitrogens with zero attached hydrogens (tertiary/aromatic N) is 1. The highest BCUT2D eigenvalue weighted by molar-refractivity contribution is 7.11. The number of aliphatic carboxylic acids is 1. The minimum atomic E-state index is -0.671. The zero-order chi connectivity index (χ0) is 9.59. The summed E-state index contributed by atoms with van der Waals surface area (Å²) >= 11 is 1.63. The zero-order valence-electron chi connectivity index (χ0n) is 7.57. The number of hydrogen-bond donors (Lipinski definition) is 1. The van der Waals surface area contributed by atoms with Crippen LogP contribution in [0.1, 0.15) is 27.9 Å². The first kappa shape index (κ1) is 8.69. The fourth-order valence-corrected chi connectivity index (χ4v) is 2.75. The summed E-state index contributed by atoms with van der Waals surface area (Å²) in [6.45, 7) is 3.91. The fraction of sp³-hybridized carbons (Fsp3) is 0.556. The normalized spacial score (nSPS) is 26.0. The molecule has 0 aliphatic heterocycles. The van der Waals surface area contributed by atoms with Crippen molar-refractivity contribution in [2.24, 2.45) is 5.92 Å². The number of carboxylic acids is 1. The van der Waals surface area contributed by atoms with Crippen LogP contribution in [0.25, 0.3) is 0 Å². The van der Waals surface area contributed by atoms with Gasteiger partial charge in [0, 0.05) is 10.8 Å². The van der Waals surface area contributed by atoms with Crippen LogP contribution in [0.4, 0.5) is 0 Å². The van der Waals surface area contributed by atoms with Crippen LogP contribution in [-0.2, 0) is 4.79 Å². The molecule has 1 N–H and O–H groups in total. The van der Waals surface area contributed by atoms with Gasteiger partial charge in [0.15, 0.2) is 0 Å². The molecule has 0 aromatic carbocycles. The van der Waals surface area contributed by atoms with Gasteiger partial charge in [-0.1, -0.05) is 0 Å². The second-order valence-corrected chi connectivity index (χ2v) is 4.70. The summed E-state index contributed by atoms with van der Waals surface area (Å²) in [4.78, 5) is 16.1. The molecule has 1 aliphatic carbocycles. The number of thiazole rings is 1. The number of hydrogen-bond acceptors (Lipinski definition) is 3. The Hall–Kier alpha value is -0.900. The lowest BCUT2D eigenvalue weighted by molar-refractivity contribution is -0.138. The highest BCUT2D eigenvalue weighted by atomic mass is 32.1. The second kappa shape index (κ2) is 2.80. The largest absolute Gasteiger partial charge is 0.481 e. The van der Waals surface area contributed by atoms with Gasteiger partial charge >= 0.3 is 5.97 Å². The highest BCUT2D eigenvalue weighted by Gasteiger charge is 2.46. The third kappa shape index (κ3) is 1.46. The van der Waals surface area contributed by atoms with Gasteiger partial charge in [-0.3, -0.25) is 4.79 Å². The van der Waals surface area contributed by atoms with Crippen LogP contribution < -0.4 is 0 Å². The van der Waals surface area contributed by atoms with E-state index in [0.717, 1.165) is 17.1 Å². The Labute approximate surface area is 80.4 Å². The van der Waals surface area contributed by atoms with Gasteiger partial charge in [-0.15, -0.1) is 11.3 Å². The molecule has 2 unspecified atom stereocenters. The van der Waals surface area contributed by atoms with Crippen LogP contribution >= 0.6 is 11.3 Å². The molecule has 0 amide bonds. The average molecular weight is 197 g/mol. The molecule has 1 aliphatic rings. The minimum absolute atomic E-state index is 0.154. The van der Waals surface area contributed by atoms with Gasteiger partial charge < -0.3 is 5.11 Å². The summed E-state index contributed by atoms with van der Waals surface area (Å²) in [6, 6.07) is 0. The van der Waals surface area contributed by atoms with E-state index in [1.54, 1.807) is 11.3 Å². The molecule has 1 fully saturated rings. The smallest absolute Gasteiger partial charge is 0.307 e. The predicted octanol–water partition coefficient (Wildman–Crippen LogP) is 1.95. The van der Waals surface area contributed by atoms with E-state index in [9.17, 15) is 4.79 Å². The van der Waals surface area contributed by atoms with Gasteiger partial charge in [0.1, 0.15) is 0 Å². The van der Waals surface area contributed by atoms with Gasteiger partial charge in [-0.25, -0.2) is 4.98 Å². The second-order valence-electron chi connectivity index (χ2n) is 3.47. The molecule has 1 aromatic heterocycles. The number of carbonyl (C=O) groups is 1. The van der Waals surface area contributed by atoms with Gasteiger partial charge in [0.2, 0.25) is 0 Å². The van der Waals surface area contributed by atoms with Crippen molar-refractivity contribution in [1.29, 1.82) is 0 Å². The van der Waals surface area contributed by atoms with Gasteiger partial charge in [0.25, 0.3) is 0 Å². The van der Waals surface area contributed by atoms with Crippen molar-refractivity contribution in [3.63, 3.8) is 0 Å². The Kier molecular flexibility index (Phi) is 1.87. The van der Waals surface area contributed by atoms with Crippen molar-refractivity contribution < 1.29 is 9.90 Å². The van der Waals surface area contributed by atoms with Crippen LogP contribution in [-0.4, -0.2) is 16.1 Å². The molecule has 0 radical (unpaired) electrons. The minimum Gasteiger partial charge on any atom is -0.481 e. The SMILES string of the molecule is Cc1nc(C)c(C2CC2C(=O)O)s1. The van der Waals surface area contributed by atoms with Crippen molar-refractivity contribution in [2.45, 2.75) is 26.2 Å². The van der Waals surface area contributed by atoms with E-state index in [1.807, 2.05) is 13.8 Å². The fourth-order valence-electron chi connectivity index (χ4n) is 1.65. The van der Waals surface area contributed by atoms with E-state index in [1.165, 1.54) is 4.88 Å². The maximum atomic E-state index is 10.6. The van der Waals surface area contributed by atoms with E-state index >= 15 is 0 Å². The molecule has 70 valence electrons. The topological polar surface area (TPSA) is 50.2 Å². The quantitative estimate of drug-likeness (QED) is 0.788. The lowest BCUT2D eigenvalue weighted by Gasteiger charge is -1.92. The predicted molar refractivity (Wildman–Crippen MR) is 50.1 cm³/mol. The van der Waals surface area contributed by atoms with Crippen LogP contribution in [0.2, 0.25) is 0 Å². The Balaban J connectivity index is 2.20. The van der Waals surface area contributed by atoms with Gasteiger partial charge in [0.05, 0.1) is 16.6 Å². The number of aryl methyl sites for hydroxylation is 2. The molecule has 2 atom stereocenters. The third-order valence-corrected chi connectivity index (χ3v) is 3.59. The Bertz CT molecular complexity index is 358. The molecule has 3 nitrogen and oxygen atoms in total. The van der Waals surface area contributed by atoms with Crippen LogP contribution in [0.15, 0.2) is 0 Å². The molecule has 0 spiro atoms. The van der Waals surface area contributed by atoms with Crippen LogP contribution in [0, 0.1) is 19.8 Å². The molecule has 0 saturated heterocycles. The van der Waals surface area contributed by atoms with Crippen LogP contribution in [0.5, 0.6) is 0 Å². The number of carboxylic acid groups (broad SMARTS) is 1. The summed E-state index contributed by atoms with van der Waals surface area (Å²) in [5.41, 5.74) is 1.01. The van der Waals surface area contributed by atoms with Crippen LogP contribution in [0.3, 0.4) is 0 Å². The molecule has 4 heteroatoms. The molecule has 13 heavy (non-hydrogen) atoms. The first-order valence-electron chi connectivity index (χ1n) is 4.26. The summed E-state index contributed by atoms with van der Waals surface area (Å²) < 4.78 is 0. The molecular formula is C9H11NO2S. The summed E-state index contributed by atoms with van der Waals surface area (Å²) in [5.74, 6) is -0.585. The van der Waals surface area contributed by atoms with E-state index in [2.05, 4.69) is 4.98 Å². The lowest BCUT2D eigenvalue weighted by Crippen LogP contribution is -1.98. The molecule has 2 rings (SSSR count). The van der Waals surface area contributed by atoms with E-state index < -0.39 is 5.97 Å². The maximum Gasteiger partial charge on any atom is 0.307 e. The molecule has 1 saturated carbocycles. The Morgan fingerprint density at radius 3 is 2.69 bits per heavy atom. The third-order valence-electron chi connectivity index (χ3n) is 2.38. The van der Waals surface area contributed by atoms with E-state index in [4.69, 9.17) is 5.11 Å². The first-order valence-corrected chi connectivity index (χ1v) is 5.08. The zero-order valence-corrected chi connectivity index (χ0v) is 8.39. The Morgan fingerprint density at radius 2 is 2.31 bits per heavy atom. The van der Waals surface area contributed by atoms with Crippen molar-refractivity contribution in [2.75, 3.05) is 0 Å². The Morgan fingerprint density at radius 1 is 1.62 bits per heavy atom. The van der Waals surface area contributed by atoms with E-state index in [-0.39, 0.29) is 11.8 Å². The molecule has 1 aromatic rings. The number of aromatic nitrogens is 1. The average Bonchev–Trinajstić information content (AvgIpc) is 2.73. The molecule has 0 bridgehead atoms. The summed E-state index contributed by atoms with van der Waals surface area (Å²) in [7, 11) is 0. The summed E-state index contributed by atoms with van der Waals surface area (Å²) in [5, 5.41) is 9.80. The number of rotatable bonds is 2. The summed E-state index contributed by atoms with van der Waals surface area (Å²) in [6.07, 6.45) is 0.789. The standard InChI is InChI=1S/C9H11NO2S/c1-4-8(13-5(2)10-4)6-3-7(6)9(11)12/h6-7H,3H2,1-2H3,(H,11,12). The monoisotopic (exact) mass is 197 g/mol. The highest BCUT2D eigenvalue weighted by Crippen LogP contribution is 2.50. The van der Waals surface area contributed by atoms with Crippen molar-refractivity contribution >= 4 is 17.3 Å². The van der Waals surface area contributed by atoms with E-state index in [0.29, 0.717) is 0 Å². The lowest BCUT2D eigenvalue weighted by atomic mass is 10.2.